The number of hydrogen-bond acceptors (Lipinski definition) is 7. The highest BCUT2D eigenvalue weighted by Crippen LogP contribution is 2.33. The second-order valence-electron chi connectivity index (χ2n) is 10.2. The van der Waals surface area contributed by atoms with Gasteiger partial charge in [-0.25, -0.2) is 4.98 Å². The van der Waals surface area contributed by atoms with Crippen LogP contribution in [0.3, 0.4) is 0 Å². The van der Waals surface area contributed by atoms with Gasteiger partial charge in [-0.2, -0.15) is 0 Å². The van der Waals surface area contributed by atoms with E-state index in [1.54, 1.807) is 0 Å². The van der Waals surface area contributed by atoms with E-state index >= 15 is 0 Å². The molecule has 0 radical (unpaired) electrons. The smallest absolute Gasteiger partial charge is 0.270 e. The monoisotopic (exact) mass is 573 g/mol. The number of amides is 1. The van der Waals surface area contributed by atoms with Gasteiger partial charge in [0.15, 0.2) is 11.5 Å². The van der Waals surface area contributed by atoms with Crippen LogP contribution < -0.4 is 19.5 Å². The molecule has 0 saturated carbocycles. The van der Waals surface area contributed by atoms with Crippen LogP contribution in [0.4, 0.5) is 0 Å². The van der Waals surface area contributed by atoms with Crippen LogP contribution >= 0.6 is 11.3 Å². The molecule has 0 atom stereocenters. The molecule has 8 heteroatoms. The van der Waals surface area contributed by atoms with Gasteiger partial charge in [0.25, 0.3) is 5.91 Å². The second kappa shape index (κ2) is 14.7. The van der Waals surface area contributed by atoms with Crippen LogP contribution in [0.2, 0.25) is 0 Å². The van der Waals surface area contributed by atoms with Crippen molar-refractivity contribution in [3.63, 3.8) is 0 Å². The number of nitrogens with one attached hydrogen (secondary N) is 1. The Labute approximate surface area is 247 Å². The third-order valence-corrected chi connectivity index (χ3v) is 7.71. The molecule has 216 valence electrons. The Bertz CT molecular complexity index is 1400. The second-order valence-corrected chi connectivity index (χ2v) is 11.1. The van der Waals surface area contributed by atoms with Crippen molar-refractivity contribution in [1.82, 2.24) is 15.2 Å². The average molecular weight is 574 g/mol. The first-order valence-electron chi connectivity index (χ1n) is 14.3. The number of carbonyl (C=O) groups excluding carboxylic acids is 1. The number of nitrogens with zero attached hydrogens (tertiary/aromatic N) is 2. The molecule has 0 fully saturated rings. The van der Waals surface area contributed by atoms with Crippen LogP contribution in [0, 0.1) is 0 Å². The molecule has 7 nitrogen and oxygen atoms in total. The molecule has 4 aromatic rings. The van der Waals surface area contributed by atoms with Crippen LogP contribution in [0.1, 0.15) is 66.2 Å². The lowest BCUT2D eigenvalue weighted by Gasteiger charge is -2.22. The molecule has 1 N–H and O–H groups in total. The standard InChI is InChI=1S/C33H37N3O4S.H2/c1-2-3-4-8-17-34-33(37)29-23-41-32(35-29)21-36(20-27-13-16-30-31(18-27)40-24-39-30)19-25-11-14-28(15-12-25)38-22-26-9-6-5-7-10-26;/h5-7,9-16,18,23H,2-4,8,17,19-22,24H2,1H3,(H,34,37);1H. The largest absolute Gasteiger partial charge is 0.489 e. The molecule has 0 aliphatic carbocycles. The van der Waals surface area contributed by atoms with Crippen molar-refractivity contribution in [2.24, 2.45) is 0 Å². The SMILES string of the molecule is CCCCCCNC(=O)c1csc(CN(Cc2ccc(OCc3ccccc3)cc2)Cc2ccc3c(c2)OCO3)n1.[HH]. The minimum atomic E-state index is -0.0996. The molecule has 5 rings (SSSR count). The fourth-order valence-electron chi connectivity index (χ4n) is 4.68. The first kappa shape index (κ1) is 28.6. The van der Waals surface area contributed by atoms with E-state index < -0.39 is 0 Å². The number of carbonyl (C=O) groups is 1. The van der Waals surface area contributed by atoms with Crippen molar-refractivity contribution in [2.75, 3.05) is 13.3 Å². The minimum absolute atomic E-state index is 0. The predicted molar refractivity (Wildman–Crippen MR) is 163 cm³/mol. The number of rotatable bonds is 15. The van der Waals surface area contributed by atoms with Crippen LogP contribution in [0.15, 0.2) is 78.2 Å². The fraction of sp³-hybridized carbons (Fsp3) is 0.333. The first-order chi connectivity index (χ1) is 20.2. The van der Waals surface area contributed by atoms with E-state index in [0.29, 0.717) is 38.5 Å². The van der Waals surface area contributed by atoms with E-state index in [4.69, 9.17) is 14.2 Å². The molecule has 1 amide bonds. The zero-order valence-electron chi connectivity index (χ0n) is 23.5. The summed E-state index contributed by atoms with van der Waals surface area (Å²) in [6.07, 6.45) is 4.50. The molecule has 3 aromatic carbocycles. The maximum Gasteiger partial charge on any atom is 0.270 e. The Morgan fingerprint density at radius 1 is 0.927 bits per heavy atom. The van der Waals surface area contributed by atoms with Crippen LogP contribution in [-0.2, 0) is 26.2 Å². The number of thiazole rings is 1. The molecule has 0 unspecified atom stereocenters. The molecular formula is C33H39N3O4S. The lowest BCUT2D eigenvalue weighted by molar-refractivity contribution is 0.0948. The van der Waals surface area contributed by atoms with Crippen molar-refractivity contribution in [3.8, 4) is 17.2 Å². The van der Waals surface area contributed by atoms with E-state index in [1.807, 2.05) is 47.8 Å². The molecule has 1 aliphatic rings. The average Bonchev–Trinajstić information content (AvgIpc) is 3.67. The van der Waals surface area contributed by atoms with Gasteiger partial charge in [0, 0.05) is 26.4 Å². The molecule has 41 heavy (non-hydrogen) atoms. The summed E-state index contributed by atoms with van der Waals surface area (Å²) in [4.78, 5) is 19.6. The van der Waals surface area contributed by atoms with Gasteiger partial charge in [-0.15, -0.1) is 11.3 Å². The van der Waals surface area contributed by atoms with E-state index in [1.165, 1.54) is 29.7 Å². The normalized spacial score (nSPS) is 12.0. The number of hydrogen-bond donors (Lipinski definition) is 1. The van der Waals surface area contributed by atoms with Crippen LogP contribution in [0.5, 0.6) is 17.2 Å². The number of fused-ring (bicyclic) bond motifs is 1. The van der Waals surface area contributed by atoms with E-state index in [0.717, 1.165) is 46.2 Å². The molecule has 0 bridgehead atoms. The topological polar surface area (TPSA) is 72.9 Å². The fourth-order valence-corrected chi connectivity index (χ4v) is 5.49. The van der Waals surface area contributed by atoms with Crippen LogP contribution in [-0.4, -0.2) is 29.1 Å². The van der Waals surface area contributed by atoms with Gasteiger partial charge >= 0.3 is 0 Å². The van der Waals surface area contributed by atoms with E-state index in [2.05, 4.69) is 52.5 Å². The van der Waals surface area contributed by atoms with Crippen LogP contribution in [0.25, 0.3) is 0 Å². The quantitative estimate of drug-likeness (QED) is 0.152. The summed E-state index contributed by atoms with van der Waals surface area (Å²) in [6, 6.07) is 24.5. The summed E-state index contributed by atoms with van der Waals surface area (Å²) in [7, 11) is 0. The zero-order chi connectivity index (χ0) is 28.3. The number of ether oxygens (including phenoxy) is 3. The maximum absolute atomic E-state index is 12.6. The number of benzene rings is 3. The first-order valence-corrected chi connectivity index (χ1v) is 15.1. The number of unbranched alkanes of at least 4 members (excludes halogenated alkanes) is 3. The highest BCUT2D eigenvalue weighted by atomic mass is 32.1. The van der Waals surface area contributed by atoms with Crippen molar-refractivity contribution in [3.05, 3.63) is 106 Å². The van der Waals surface area contributed by atoms with Gasteiger partial charge in [0.05, 0.1) is 6.54 Å². The predicted octanol–water partition coefficient (Wildman–Crippen LogP) is 7.21. The zero-order valence-corrected chi connectivity index (χ0v) is 24.3. The van der Waals surface area contributed by atoms with Crippen molar-refractivity contribution >= 4 is 17.2 Å². The summed E-state index contributed by atoms with van der Waals surface area (Å²) >= 11 is 1.52. The summed E-state index contributed by atoms with van der Waals surface area (Å²) in [5.74, 6) is 2.29. The Balaban J connectivity index is 0.00000405. The summed E-state index contributed by atoms with van der Waals surface area (Å²) in [5, 5.41) is 5.77. The highest BCUT2D eigenvalue weighted by molar-refractivity contribution is 7.09. The molecule has 1 aliphatic heterocycles. The summed E-state index contributed by atoms with van der Waals surface area (Å²) < 4.78 is 17.1. The third kappa shape index (κ3) is 8.55. The summed E-state index contributed by atoms with van der Waals surface area (Å²) in [6.45, 7) is 5.69. The molecule has 2 heterocycles. The summed E-state index contributed by atoms with van der Waals surface area (Å²) in [5.41, 5.74) is 3.92. The van der Waals surface area contributed by atoms with Gasteiger partial charge in [-0.05, 0) is 47.4 Å². The maximum atomic E-state index is 12.6. The van der Waals surface area contributed by atoms with Crippen molar-refractivity contribution < 1.29 is 20.4 Å². The Morgan fingerprint density at radius 2 is 1.71 bits per heavy atom. The van der Waals surface area contributed by atoms with Gasteiger partial charge in [-0.3, -0.25) is 9.69 Å². The number of aromatic nitrogens is 1. The van der Waals surface area contributed by atoms with E-state index in [-0.39, 0.29) is 14.1 Å². The lowest BCUT2D eigenvalue weighted by atomic mass is 10.1. The molecule has 0 spiro atoms. The third-order valence-electron chi connectivity index (χ3n) is 6.88. The van der Waals surface area contributed by atoms with Gasteiger partial charge in [0.1, 0.15) is 23.1 Å². The highest BCUT2D eigenvalue weighted by Gasteiger charge is 2.17. The minimum Gasteiger partial charge on any atom is -0.489 e. The molecule has 1 aromatic heterocycles. The van der Waals surface area contributed by atoms with E-state index in [9.17, 15) is 4.79 Å². The van der Waals surface area contributed by atoms with Crippen molar-refractivity contribution in [2.45, 2.75) is 58.8 Å². The Hall–Kier alpha value is -3.88. The van der Waals surface area contributed by atoms with Gasteiger partial charge in [0.2, 0.25) is 6.79 Å². The van der Waals surface area contributed by atoms with Gasteiger partial charge < -0.3 is 19.5 Å². The lowest BCUT2D eigenvalue weighted by Crippen LogP contribution is -2.25. The van der Waals surface area contributed by atoms with Crippen molar-refractivity contribution in [1.29, 1.82) is 0 Å². The molecule has 0 saturated heterocycles. The Morgan fingerprint density at radius 3 is 2.54 bits per heavy atom. The van der Waals surface area contributed by atoms with Gasteiger partial charge in [-0.1, -0.05) is 74.7 Å². The molecular weight excluding hydrogens is 534 g/mol. The Kier molecular flexibility index (Phi) is 10.2.